The summed E-state index contributed by atoms with van der Waals surface area (Å²) in [6.45, 7) is 0. The molecule has 34 heavy (non-hydrogen) atoms. The third-order valence-electron chi connectivity index (χ3n) is 7.36. The molecule has 0 aromatic heterocycles. The van der Waals surface area contributed by atoms with Crippen LogP contribution in [0.5, 0.6) is 0 Å². The van der Waals surface area contributed by atoms with Gasteiger partial charge in [0.15, 0.2) is 0 Å². The Morgan fingerprint density at radius 3 is 1.71 bits per heavy atom. The van der Waals surface area contributed by atoms with E-state index in [1.807, 2.05) is 0 Å². The molecule has 160 valence electrons. The first kappa shape index (κ1) is 19.9. The maximum absolute atomic E-state index is 6.76. The maximum atomic E-state index is 6.76. The van der Waals surface area contributed by atoms with Crippen molar-refractivity contribution in [1.82, 2.24) is 0 Å². The highest BCUT2D eigenvalue weighted by molar-refractivity contribution is 9.13. The standard InChI is InChI=1S/C30H12Br2Cl2/c31-27-26-20-11-17-7-5-14-9-13-3-1-2-4-18(13)19-10-16-8-6-15(23(20)25(16)24(17)22(14)19)12-21(26)29(33)30(34)28(27)32/h1-12H. The average Bonchev–Trinajstić information content (AvgIpc) is 2.87. The summed E-state index contributed by atoms with van der Waals surface area (Å²) in [5.41, 5.74) is 0. The molecule has 8 aromatic rings. The van der Waals surface area contributed by atoms with E-state index in [-0.39, 0.29) is 0 Å². The normalized spacial score (nSPS) is 12.7. The highest BCUT2D eigenvalue weighted by Gasteiger charge is 2.22. The summed E-state index contributed by atoms with van der Waals surface area (Å²) in [6, 6.07) is 26.8. The summed E-state index contributed by atoms with van der Waals surface area (Å²) in [7, 11) is 0. The summed E-state index contributed by atoms with van der Waals surface area (Å²) < 4.78 is 1.71. The second kappa shape index (κ2) is 6.65. The summed E-state index contributed by atoms with van der Waals surface area (Å²) in [6.07, 6.45) is 0. The summed E-state index contributed by atoms with van der Waals surface area (Å²) >= 11 is 20.8. The zero-order chi connectivity index (χ0) is 22.9. The lowest BCUT2D eigenvalue weighted by Crippen LogP contribution is -1.92. The molecule has 0 nitrogen and oxygen atoms in total. The van der Waals surface area contributed by atoms with Crippen LogP contribution >= 0.6 is 55.1 Å². The van der Waals surface area contributed by atoms with E-state index in [0.717, 1.165) is 19.7 Å². The van der Waals surface area contributed by atoms with Gasteiger partial charge in [-0.3, -0.25) is 0 Å². The van der Waals surface area contributed by atoms with Crippen molar-refractivity contribution in [3.8, 4) is 0 Å². The van der Waals surface area contributed by atoms with Gasteiger partial charge in [-0.05, 0) is 121 Å². The van der Waals surface area contributed by atoms with Crippen molar-refractivity contribution in [2.45, 2.75) is 0 Å². The van der Waals surface area contributed by atoms with Crippen LogP contribution in [0, 0.1) is 0 Å². The van der Waals surface area contributed by atoms with Gasteiger partial charge in [0, 0.05) is 15.2 Å². The number of benzene rings is 8. The number of fused-ring (bicyclic) bond motifs is 4. The molecule has 0 saturated carbocycles. The highest BCUT2D eigenvalue weighted by Crippen LogP contribution is 2.51. The van der Waals surface area contributed by atoms with E-state index in [1.54, 1.807) is 0 Å². The molecule has 0 aliphatic rings. The Kier molecular flexibility index (Phi) is 3.89. The first-order valence-electron chi connectivity index (χ1n) is 11.0. The van der Waals surface area contributed by atoms with Crippen LogP contribution in [0.25, 0.3) is 75.4 Å². The molecule has 4 heteroatoms. The molecule has 0 aliphatic carbocycles. The molecule has 0 radical (unpaired) electrons. The predicted octanol–water partition coefficient (Wildman–Crippen LogP) is 11.5. The zero-order valence-corrected chi connectivity index (χ0v) is 22.1. The molecule has 0 heterocycles. The molecule has 0 fully saturated rings. The fraction of sp³-hybridized carbons (Fsp3) is 0. The maximum Gasteiger partial charge on any atom is 0.0752 e. The van der Waals surface area contributed by atoms with E-state index >= 15 is 0 Å². The van der Waals surface area contributed by atoms with E-state index in [0.29, 0.717) is 10.0 Å². The summed E-state index contributed by atoms with van der Waals surface area (Å²) in [4.78, 5) is 0. The number of halogens is 4. The SMILES string of the molecule is Clc1c(Br)c(Br)c2c(cc3ccc4cc5c6ccccc6cc6ccc7cc2c3c4c7c65)c1Cl. The van der Waals surface area contributed by atoms with Gasteiger partial charge in [0.25, 0.3) is 0 Å². The first-order valence-corrected chi connectivity index (χ1v) is 13.3. The topological polar surface area (TPSA) is 0 Å². The Morgan fingerprint density at radius 1 is 0.412 bits per heavy atom. The third-order valence-corrected chi connectivity index (χ3v) is 10.6. The van der Waals surface area contributed by atoms with Crippen LogP contribution < -0.4 is 0 Å². The predicted molar refractivity (Wildman–Crippen MR) is 157 cm³/mol. The second-order valence-electron chi connectivity index (χ2n) is 9.02. The van der Waals surface area contributed by atoms with Gasteiger partial charge >= 0.3 is 0 Å². The lowest BCUT2D eigenvalue weighted by atomic mass is 9.84. The van der Waals surface area contributed by atoms with Crippen LogP contribution in [-0.2, 0) is 0 Å². The zero-order valence-electron chi connectivity index (χ0n) is 17.4. The van der Waals surface area contributed by atoms with E-state index in [2.05, 4.69) is 105 Å². The van der Waals surface area contributed by atoms with E-state index in [4.69, 9.17) is 23.2 Å². The molecular weight excluding hydrogens is 591 g/mol. The van der Waals surface area contributed by atoms with E-state index < -0.39 is 0 Å². The molecule has 0 N–H and O–H groups in total. The third kappa shape index (κ3) is 2.31. The molecule has 0 amide bonds. The van der Waals surface area contributed by atoms with Crippen molar-refractivity contribution in [2.24, 2.45) is 0 Å². The fourth-order valence-electron chi connectivity index (χ4n) is 5.97. The van der Waals surface area contributed by atoms with Gasteiger partial charge in [-0.1, -0.05) is 71.7 Å². The van der Waals surface area contributed by atoms with Gasteiger partial charge in [-0.25, -0.2) is 0 Å². The highest BCUT2D eigenvalue weighted by atomic mass is 79.9. The Balaban J connectivity index is 1.74. The Morgan fingerprint density at radius 2 is 0.971 bits per heavy atom. The van der Waals surface area contributed by atoms with Crippen molar-refractivity contribution >= 4 is 130 Å². The molecule has 0 aliphatic heterocycles. The monoisotopic (exact) mass is 600 g/mol. The largest absolute Gasteiger partial charge is 0.0820 e. The van der Waals surface area contributed by atoms with Gasteiger partial charge < -0.3 is 0 Å². The Hall–Kier alpha value is -2.36. The minimum absolute atomic E-state index is 0.526. The van der Waals surface area contributed by atoms with Gasteiger partial charge in [0.05, 0.1) is 14.5 Å². The lowest BCUT2D eigenvalue weighted by Gasteiger charge is -2.20. The molecular formula is C30H12Br2Cl2. The molecule has 8 rings (SSSR count). The van der Waals surface area contributed by atoms with Crippen molar-refractivity contribution in [1.29, 1.82) is 0 Å². The number of rotatable bonds is 0. The number of hydrogen-bond donors (Lipinski definition) is 0. The van der Waals surface area contributed by atoms with Crippen LogP contribution in [0.2, 0.25) is 10.0 Å². The second-order valence-corrected chi connectivity index (χ2v) is 11.4. The minimum atomic E-state index is 0.526. The van der Waals surface area contributed by atoms with E-state index in [9.17, 15) is 0 Å². The summed E-state index contributed by atoms with van der Waals surface area (Å²) in [5, 5.41) is 18.4. The van der Waals surface area contributed by atoms with Crippen molar-refractivity contribution in [3.05, 3.63) is 91.8 Å². The van der Waals surface area contributed by atoms with Crippen molar-refractivity contribution in [2.75, 3.05) is 0 Å². The molecule has 0 bridgehead atoms. The van der Waals surface area contributed by atoms with Crippen LogP contribution in [0.1, 0.15) is 0 Å². The van der Waals surface area contributed by atoms with Crippen LogP contribution in [0.4, 0.5) is 0 Å². The van der Waals surface area contributed by atoms with Gasteiger partial charge in [0.2, 0.25) is 0 Å². The fourth-order valence-corrected chi connectivity index (χ4v) is 7.66. The van der Waals surface area contributed by atoms with Crippen LogP contribution in [0.3, 0.4) is 0 Å². The quantitative estimate of drug-likeness (QED) is 0.0701. The number of hydrogen-bond acceptors (Lipinski definition) is 0. The minimum Gasteiger partial charge on any atom is -0.0820 e. The first-order chi connectivity index (χ1) is 16.5. The van der Waals surface area contributed by atoms with Crippen LogP contribution in [0.15, 0.2) is 81.7 Å². The molecule has 0 saturated heterocycles. The smallest absolute Gasteiger partial charge is 0.0752 e. The van der Waals surface area contributed by atoms with Crippen molar-refractivity contribution < 1.29 is 0 Å². The average molecular weight is 603 g/mol. The summed E-state index contributed by atoms with van der Waals surface area (Å²) in [5.74, 6) is 0. The molecule has 8 aromatic carbocycles. The lowest BCUT2D eigenvalue weighted by molar-refractivity contribution is 1.68. The van der Waals surface area contributed by atoms with Crippen LogP contribution in [-0.4, -0.2) is 0 Å². The van der Waals surface area contributed by atoms with Gasteiger partial charge in [0.1, 0.15) is 0 Å². The molecule has 0 spiro atoms. The van der Waals surface area contributed by atoms with Gasteiger partial charge in [-0.15, -0.1) is 0 Å². The van der Waals surface area contributed by atoms with E-state index in [1.165, 1.54) is 64.6 Å². The Bertz CT molecular complexity index is 2160. The Labute approximate surface area is 221 Å². The molecule has 0 atom stereocenters. The molecule has 0 unspecified atom stereocenters. The van der Waals surface area contributed by atoms with Gasteiger partial charge in [-0.2, -0.15) is 0 Å². The van der Waals surface area contributed by atoms with Crippen molar-refractivity contribution in [3.63, 3.8) is 0 Å².